The first-order valence-corrected chi connectivity index (χ1v) is 10.9. The van der Waals surface area contributed by atoms with Crippen molar-refractivity contribution in [3.05, 3.63) is 65.7 Å². The fourth-order valence-electron chi connectivity index (χ4n) is 4.06. The summed E-state index contributed by atoms with van der Waals surface area (Å²) in [5.41, 5.74) is 1.85. The average Bonchev–Trinajstić information content (AvgIpc) is 3.14. The van der Waals surface area contributed by atoms with Crippen LogP contribution in [0.1, 0.15) is 41.9 Å². The Labute approximate surface area is 181 Å². The largest absolute Gasteiger partial charge is 0.352 e. The van der Waals surface area contributed by atoms with E-state index in [0.717, 1.165) is 42.8 Å². The van der Waals surface area contributed by atoms with Crippen molar-refractivity contribution in [1.82, 2.24) is 19.8 Å². The van der Waals surface area contributed by atoms with Gasteiger partial charge in [0, 0.05) is 26.1 Å². The molecule has 31 heavy (non-hydrogen) atoms. The number of piperidine rings is 1. The van der Waals surface area contributed by atoms with E-state index in [0.29, 0.717) is 19.4 Å². The van der Waals surface area contributed by atoms with Crippen molar-refractivity contribution in [2.75, 3.05) is 19.6 Å². The van der Waals surface area contributed by atoms with E-state index in [-0.39, 0.29) is 18.0 Å². The normalized spacial score (nSPS) is 14.0. The third-order valence-corrected chi connectivity index (χ3v) is 5.72. The van der Waals surface area contributed by atoms with Crippen LogP contribution < -0.4 is 5.32 Å². The van der Waals surface area contributed by atoms with E-state index in [4.69, 9.17) is 4.98 Å². The number of aromatic nitrogens is 2. The monoisotopic (exact) mass is 422 g/mol. The van der Waals surface area contributed by atoms with Crippen LogP contribution in [-0.2, 0) is 17.8 Å². The van der Waals surface area contributed by atoms with Crippen LogP contribution in [0.15, 0.2) is 48.5 Å². The number of hydrogen-bond donors (Lipinski definition) is 1. The molecule has 1 aliphatic rings. The molecule has 0 atom stereocenters. The van der Waals surface area contributed by atoms with E-state index in [9.17, 15) is 14.0 Å². The molecular weight excluding hydrogens is 395 g/mol. The Kier molecular flexibility index (Phi) is 6.60. The zero-order chi connectivity index (χ0) is 21.6. The lowest BCUT2D eigenvalue weighted by Crippen LogP contribution is -2.38. The highest BCUT2D eigenvalue weighted by molar-refractivity contribution is 5.94. The second-order valence-corrected chi connectivity index (χ2v) is 7.88. The summed E-state index contributed by atoms with van der Waals surface area (Å²) >= 11 is 0. The summed E-state index contributed by atoms with van der Waals surface area (Å²) in [6.45, 7) is 2.32. The van der Waals surface area contributed by atoms with Crippen LogP contribution in [0.2, 0.25) is 0 Å². The zero-order valence-corrected chi connectivity index (χ0v) is 17.5. The summed E-state index contributed by atoms with van der Waals surface area (Å²) in [5.74, 6) is -0.00597. The highest BCUT2D eigenvalue weighted by Gasteiger charge is 2.20. The molecule has 1 fully saturated rings. The third kappa shape index (κ3) is 4.93. The number of amides is 2. The quantitative estimate of drug-likeness (QED) is 0.592. The van der Waals surface area contributed by atoms with Crippen molar-refractivity contribution in [2.45, 2.75) is 38.6 Å². The van der Waals surface area contributed by atoms with E-state index in [1.54, 1.807) is 12.1 Å². The van der Waals surface area contributed by atoms with Crippen LogP contribution in [0.25, 0.3) is 11.0 Å². The van der Waals surface area contributed by atoms with Gasteiger partial charge >= 0.3 is 0 Å². The third-order valence-electron chi connectivity index (χ3n) is 5.72. The number of carbonyl (C=O) groups is 2. The lowest BCUT2D eigenvalue weighted by molar-refractivity contribution is -0.132. The predicted octanol–water partition coefficient (Wildman–Crippen LogP) is 3.55. The summed E-state index contributed by atoms with van der Waals surface area (Å²) in [6.07, 6.45) is 4.55. The second kappa shape index (κ2) is 9.73. The molecule has 1 N–H and O–H groups in total. The number of para-hydroxylation sites is 2. The maximum atomic E-state index is 13.8. The number of rotatable bonds is 7. The molecule has 2 aromatic carbocycles. The minimum atomic E-state index is -0.530. The maximum absolute atomic E-state index is 13.8. The fraction of sp³-hybridized carbons (Fsp3) is 0.375. The lowest BCUT2D eigenvalue weighted by Gasteiger charge is -2.27. The molecule has 2 amide bonds. The van der Waals surface area contributed by atoms with Crippen LogP contribution >= 0.6 is 0 Å². The van der Waals surface area contributed by atoms with Gasteiger partial charge in [0.05, 0.1) is 16.6 Å². The molecule has 0 saturated carbocycles. The van der Waals surface area contributed by atoms with Crippen molar-refractivity contribution >= 4 is 22.8 Å². The summed E-state index contributed by atoms with van der Waals surface area (Å²) < 4.78 is 15.7. The van der Waals surface area contributed by atoms with E-state index in [1.165, 1.54) is 18.6 Å². The van der Waals surface area contributed by atoms with E-state index in [2.05, 4.69) is 5.32 Å². The molecule has 7 heteroatoms. The van der Waals surface area contributed by atoms with Crippen molar-refractivity contribution in [1.29, 1.82) is 0 Å². The minimum absolute atomic E-state index is 0.0434. The molecular formula is C24H27FN4O2. The topological polar surface area (TPSA) is 67.2 Å². The molecule has 6 nitrogen and oxygen atoms in total. The summed E-state index contributed by atoms with van der Waals surface area (Å²) in [4.78, 5) is 31.7. The van der Waals surface area contributed by atoms with E-state index >= 15 is 0 Å². The van der Waals surface area contributed by atoms with Crippen LogP contribution in [0.4, 0.5) is 4.39 Å². The molecule has 4 rings (SSSR count). The van der Waals surface area contributed by atoms with Gasteiger partial charge in [0.1, 0.15) is 18.2 Å². The Morgan fingerprint density at radius 3 is 2.55 bits per heavy atom. The predicted molar refractivity (Wildman–Crippen MR) is 117 cm³/mol. The van der Waals surface area contributed by atoms with Gasteiger partial charge in [-0.2, -0.15) is 0 Å². The lowest BCUT2D eigenvalue weighted by atomic mass is 10.1. The van der Waals surface area contributed by atoms with Crippen molar-refractivity contribution in [3.63, 3.8) is 0 Å². The molecule has 1 aromatic heterocycles. The Hall–Kier alpha value is -3.22. The van der Waals surface area contributed by atoms with Gasteiger partial charge in [-0.15, -0.1) is 0 Å². The molecule has 2 heterocycles. The minimum Gasteiger partial charge on any atom is -0.352 e. The van der Waals surface area contributed by atoms with Gasteiger partial charge in [-0.3, -0.25) is 9.59 Å². The van der Waals surface area contributed by atoms with Gasteiger partial charge in [-0.05, 0) is 49.9 Å². The first kappa shape index (κ1) is 21.0. The smallest absolute Gasteiger partial charge is 0.254 e. The van der Waals surface area contributed by atoms with Gasteiger partial charge in [0.25, 0.3) is 5.91 Å². The molecule has 0 aliphatic carbocycles. The van der Waals surface area contributed by atoms with Crippen LogP contribution in [0.5, 0.6) is 0 Å². The average molecular weight is 423 g/mol. The number of fused-ring (bicyclic) bond motifs is 1. The first-order chi connectivity index (χ1) is 15.1. The van der Waals surface area contributed by atoms with Crippen molar-refractivity contribution in [2.24, 2.45) is 0 Å². The van der Waals surface area contributed by atoms with Crippen molar-refractivity contribution in [3.8, 4) is 0 Å². The molecule has 0 bridgehead atoms. The SMILES string of the molecule is O=C(NCCCc1nc2ccccc2n1CC(=O)N1CCCCC1)c1ccccc1F. The van der Waals surface area contributed by atoms with Gasteiger partial charge < -0.3 is 14.8 Å². The van der Waals surface area contributed by atoms with Gasteiger partial charge in [-0.1, -0.05) is 24.3 Å². The molecule has 0 radical (unpaired) electrons. The summed E-state index contributed by atoms with van der Waals surface area (Å²) in [6, 6.07) is 13.7. The molecule has 0 unspecified atom stereocenters. The number of nitrogens with zero attached hydrogens (tertiary/aromatic N) is 3. The highest BCUT2D eigenvalue weighted by atomic mass is 19.1. The molecule has 162 valence electrons. The van der Waals surface area contributed by atoms with Gasteiger partial charge in [0.2, 0.25) is 5.91 Å². The van der Waals surface area contributed by atoms with Gasteiger partial charge in [0.15, 0.2) is 0 Å². The zero-order valence-electron chi connectivity index (χ0n) is 17.5. The number of benzene rings is 2. The Balaban J connectivity index is 1.41. The van der Waals surface area contributed by atoms with Crippen LogP contribution in [0, 0.1) is 5.82 Å². The number of aryl methyl sites for hydroxylation is 1. The number of halogens is 1. The Morgan fingerprint density at radius 1 is 1.00 bits per heavy atom. The maximum Gasteiger partial charge on any atom is 0.254 e. The highest BCUT2D eigenvalue weighted by Crippen LogP contribution is 2.18. The molecule has 3 aromatic rings. The fourth-order valence-corrected chi connectivity index (χ4v) is 4.06. The first-order valence-electron chi connectivity index (χ1n) is 10.9. The van der Waals surface area contributed by atoms with E-state index < -0.39 is 11.7 Å². The number of hydrogen-bond acceptors (Lipinski definition) is 3. The van der Waals surface area contributed by atoms with Crippen LogP contribution in [-0.4, -0.2) is 45.9 Å². The van der Waals surface area contributed by atoms with Gasteiger partial charge in [-0.25, -0.2) is 9.37 Å². The molecule has 0 spiro atoms. The number of likely N-dealkylation sites (tertiary alicyclic amines) is 1. The Morgan fingerprint density at radius 2 is 1.74 bits per heavy atom. The second-order valence-electron chi connectivity index (χ2n) is 7.88. The summed E-state index contributed by atoms with van der Waals surface area (Å²) in [5, 5.41) is 2.76. The van der Waals surface area contributed by atoms with Crippen molar-refractivity contribution < 1.29 is 14.0 Å². The number of carbonyl (C=O) groups excluding carboxylic acids is 2. The van der Waals surface area contributed by atoms with Crippen LogP contribution in [0.3, 0.4) is 0 Å². The number of nitrogens with one attached hydrogen (secondary N) is 1. The Bertz CT molecular complexity index is 1070. The summed E-state index contributed by atoms with van der Waals surface area (Å²) in [7, 11) is 0. The molecule has 1 saturated heterocycles. The standard InChI is InChI=1S/C24H27FN4O2/c25-19-10-3-2-9-18(19)24(31)26-14-8-13-22-27-20-11-4-5-12-21(20)29(22)17-23(30)28-15-6-1-7-16-28/h2-5,9-12H,1,6-8,13-17H2,(H,26,31). The number of imidazole rings is 1. The van der Waals surface area contributed by atoms with E-state index in [1.807, 2.05) is 33.7 Å². The molecule has 1 aliphatic heterocycles.